The van der Waals surface area contributed by atoms with Gasteiger partial charge in [-0.3, -0.25) is 4.79 Å². The van der Waals surface area contributed by atoms with Crippen LogP contribution in [-0.4, -0.2) is 18.0 Å². The van der Waals surface area contributed by atoms with Crippen molar-refractivity contribution >= 4 is 28.8 Å². The molecule has 84 valence electrons. The van der Waals surface area contributed by atoms with Gasteiger partial charge in [0.15, 0.2) is 0 Å². The van der Waals surface area contributed by atoms with Crippen LogP contribution in [-0.2, 0) is 11.2 Å². The van der Waals surface area contributed by atoms with E-state index in [1.54, 1.807) is 13.8 Å². The lowest BCUT2D eigenvalue weighted by molar-refractivity contribution is -0.125. The Morgan fingerprint density at radius 2 is 2.27 bits per heavy atom. The fourth-order valence-electron chi connectivity index (χ4n) is 1.01. The lowest BCUT2D eigenvalue weighted by atomic mass is 10.1. The summed E-state index contributed by atoms with van der Waals surface area (Å²) in [7, 11) is 0. The molecule has 0 unspecified atom stereocenters. The summed E-state index contributed by atoms with van der Waals surface area (Å²) in [6, 6.07) is 3.82. The maximum Gasteiger partial charge on any atom is 0.239 e. The van der Waals surface area contributed by atoms with E-state index in [0.29, 0.717) is 6.54 Å². The van der Waals surface area contributed by atoms with Crippen LogP contribution in [0.5, 0.6) is 0 Å². The van der Waals surface area contributed by atoms with Crippen molar-refractivity contribution in [2.45, 2.75) is 25.8 Å². The molecule has 5 heteroatoms. The zero-order valence-electron chi connectivity index (χ0n) is 8.84. The average Bonchev–Trinajstić information content (AvgIpc) is 2.49. The molecule has 1 aromatic rings. The zero-order chi connectivity index (χ0) is 11.5. The second-order valence-corrected chi connectivity index (χ2v) is 5.73. The third-order valence-electron chi connectivity index (χ3n) is 1.87. The van der Waals surface area contributed by atoms with E-state index in [1.807, 2.05) is 12.1 Å². The van der Waals surface area contributed by atoms with Crippen molar-refractivity contribution in [1.29, 1.82) is 0 Å². The van der Waals surface area contributed by atoms with Gasteiger partial charge in [-0.05, 0) is 32.4 Å². The standard InChI is InChI=1S/C10H15ClN2OS/c1-10(2,12)9(14)13-6-5-7-3-4-8(11)15-7/h3-4H,5-6,12H2,1-2H3,(H,13,14). The third-order valence-corrected chi connectivity index (χ3v) is 3.16. The predicted octanol–water partition coefficient (Wildman–Crippen LogP) is 1.80. The highest BCUT2D eigenvalue weighted by molar-refractivity contribution is 7.16. The Morgan fingerprint density at radius 3 is 2.73 bits per heavy atom. The summed E-state index contributed by atoms with van der Waals surface area (Å²) in [6.45, 7) is 3.96. The molecule has 1 aromatic heterocycles. The van der Waals surface area contributed by atoms with E-state index in [1.165, 1.54) is 11.3 Å². The molecule has 0 aromatic carbocycles. The Balaban J connectivity index is 2.31. The van der Waals surface area contributed by atoms with Gasteiger partial charge < -0.3 is 11.1 Å². The highest BCUT2D eigenvalue weighted by atomic mass is 35.5. The van der Waals surface area contributed by atoms with Crippen LogP contribution in [0.2, 0.25) is 4.34 Å². The van der Waals surface area contributed by atoms with Crippen LogP contribution in [0.25, 0.3) is 0 Å². The highest BCUT2D eigenvalue weighted by Gasteiger charge is 2.20. The number of thiophene rings is 1. The van der Waals surface area contributed by atoms with Crippen LogP contribution in [0.15, 0.2) is 12.1 Å². The predicted molar refractivity (Wildman–Crippen MR) is 64.3 cm³/mol. The first kappa shape index (κ1) is 12.5. The summed E-state index contributed by atoms with van der Waals surface area (Å²) in [6.07, 6.45) is 0.791. The third kappa shape index (κ3) is 4.20. The molecule has 0 atom stereocenters. The normalized spacial score (nSPS) is 11.5. The number of rotatable bonds is 4. The van der Waals surface area contributed by atoms with Crippen LogP contribution >= 0.6 is 22.9 Å². The smallest absolute Gasteiger partial charge is 0.239 e. The number of amides is 1. The molecule has 0 saturated carbocycles. The molecule has 0 spiro atoms. The van der Waals surface area contributed by atoms with E-state index >= 15 is 0 Å². The van der Waals surface area contributed by atoms with Gasteiger partial charge in [-0.1, -0.05) is 11.6 Å². The van der Waals surface area contributed by atoms with Gasteiger partial charge in [0, 0.05) is 11.4 Å². The van der Waals surface area contributed by atoms with Crippen LogP contribution in [0.3, 0.4) is 0 Å². The largest absolute Gasteiger partial charge is 0.354 e. The van der Waals surface area contributed by atoms with Crippen molar-refractivity contribution in [1.82, 2.24) is 5.32 Å². The van der Waals surface area contributed by atoms with Gasteiger partial charge in [-0.15, -0.1) is 11.3 Å². The van der Waals surface area contributed by atoms with Crippen molar-refractivity contribution in [3.05, 3.63) is 21.3 Å². The topological polar surface area (TPSA) is 55.1 Å². The number of nitrogens with one attached hydrogen (secondary N) is 1. The summed E-state index contributed by atoms with van der Waals surface area (Å²) >= 11 is 7.32. The van der Waals surface area contributed by atoms with Gasteiger partial charge in [0.2, 0.25) is 5.91 Å². The minimum Gasteiger partial charge on any atom is -0.354 e. The van der Waals surface area contributed by atoms with E-state index in [-0.39, 0.29) is 5.91 Å². The molecule has 0 aliphatic heterocycles. The molecule has 0 aliphatic carbocycles. The number of halogens is 1. The fourth-order valence-corrected chi connectivity index (χ4v) is 2.10. The highest BCUT2D eigenvalue weighted by Crippen LogP contribution is 2.21. The lowest BCUT2D eigenvalue weighted by Crippen LogP contribution is -2.49. The van der Waals surface area contributed by atoms with Crippen LogP contribution in [0.4, 0.5) is 0 Å². The summed E-state index contributed by atoms with van der Waals surface area (Å²) in [5.41, 5.74) is 4.82. The zero-order valence-corrected chi connectivity index (χ0v) is 10.4. The molecule has 1 heterocycles. The number of hydrogen-bond donors (Lipinski definition) is 2. The summed E-state index contributed by atoms with van der Waals surface area (Å²) in [5.74, 6) is -0.134. The molecule has 0 fully saturated rings. The van der Waals surface area contributed by atoms with Gasteiger partial charge in [0.1, 0.15) is 0 Å². The molecule has 1 rings (SSSR count). The number of carbonyl (C=O) groups is 1. The fraction of sp³-hybridized carbons (Fsp3) is 0.500. The Bertz CT molecular complexity index is 343. The molecule has 0 aliphatic rings. The number of nitrogens with two attached hydrogens (primary N) is 1. The molecule has 0 radical (unpaired) electrons. The maximum atomic E-state index is 11.4. The first-order chi connectivity index (χ1) is 6.89. The maximum absolute atomic E-state index is 11.4. The van der Waals surface area contributed by atoms with E-state index in [4.69, 9.17) is 17.3 Å². The van der Waals surface area contributed by atoms with Crippen molar-refractivity contribution in [3.8, 4) is 0 Å². The summed E-state index contributed by atoms with van der Waals surface area (Å²) in [4.78, 5) is 12.6. The molecular formula is C10H15ClN2OS. The van der Waals surface area contributed by atoms with Crippen molar-refractivity contribution in [2.24, 2.45) is 5.73 Å². The molecule has 3 nitrogen and oxygen atoms in total. The summed E-state index contributed by atoms with van der Waals surface area (Å²) < 4.78 is 0.774. The monoisotopic (exact) mass is 246 g/mol. The Kier molecular flexibility index (Phi) is 4.13. The van der Waals surface area contributed by atoms with E-state index < -0.39 is 5.54 Å². The van der Waals surface area contributed by atoms with E-state index in [0.717, 1.165) is 15.6 Å². The van der Waals surface area contributed by atoms with Crippen molar-refractivity contribution in [2.75, 3.05) is 6.54 Å². The van der Waals surface area contributed by atoms with Crippen molar-refractivity contribution < 1.29 is 4.79 Å². The minimum absolute atomic E-state index is 0.134. The van der Waals surface area contributed by atoms with Crippen LogP contribution in [0.1, 0.15) is 18.7 Å². The minimum atomic E-state index is -0.812. The molecule has 1 amide bonds. The quantitative estimate of drug-likeness (QED) is 0.851. The van der Waals surface area contributed by atoms with Gasteiger partial charge in [-0.2, -0.15) is 0 Å². The first-order valence-electron chi connectivity index (χ1n) is 4.71. The molecule has 0 bridgehead atoms. The first-order valence-corrected chi connectivity index (χ1v) is 5.90. The van der Waals surface area contributed by atoms with E-state index in [2.05, 4.69) is 5.32 Å². The Labute approximate surface area is 98.6 Å². The van der Waals surface area contributed by atoms with E-state index in [9.17, 15) is 4.79 Å². The SMILES string of the molecule is CC(C)(N)C(=O)NCCc1ccc(Cl)s1. The van der Waals surface area contributed by atoms with Crippen molar-refractivity contribution in [3.63, 3.8) is 0 Å². The van der Waals surface area contributed by atoms with Gasteiger partial charge in [0.05, 0.1) is 9.88 Å². The Hall–Kier alpha value is -0.580. The van der Waals surface area contributed by atoms with Crippen LogP contribution < -0.4 is 11.1 Å². The lowest BCUT2D eigenvalue weighted by Gasteiger charge is -2.17. The molecule has 0 saturated heterocycles. The van der Waals surface area contributed by atoms with Crippen LogP contribution in [0, 0.1) is 0 Å². The second-order valence-electron chi connectivity index (χ2n) is 3.93. The van der Waals surface area contributed by atoms with Gasteiger partial charge in [0.25, 0.3) is 0 Å². The summed E-state index contributed by atoms with van der Waals surface area (Å²) in [5, 5.41) is 2.78. The Morgan fingerprint density at radius 1 is 1.60 bits per heavy atom. The van der Waals surface area contributed by atoms with Gasteiger partial charge in [-0.25, -0.2) is 0 Å². The van der Waals surface area contributed by atoms with Gasteiger partial charge >= 0.3 is 0 Å². The molecular weight excluding hydrogens is 232 g/mol. The number of hydrogen-bond acceptors (Lipinski definition) is 3. The second kappa shape index (κ2) is 4.96. The number of carbonyl (C=O) groups excluding carboxylic acids is 1. The molecule has 15 heavy (non-hydrogen) atoms. The molecule has 3 N–H and O–H groups in total. The average molecular weight is 247 g/mol.